The van der Waals surface area contributed by atoms with Gasteiger partial charge in [-0.1, -0.05) is 58.4 Å². The molecule has 1 aromatic heterocycles. The van der Waals surface area contributed by atoms with Crippen molar-refractivity contribution in [2.45, 2.75) is 13.5 Å². The van der Waals surface area contributed by atoms with E-state index in [-0.39, 0.29) is 0 Å². The van der Waals surface area contributed by atoms with Crippen LogP contribution in [-0.2, 0) is 6.54 Å². The van der Waals surface area contributed by atoms with Crippen LogP contribution < -0.4 is 5.32 Å². The van der Waals surface area contributed by atoms with E-state index in [4.69, 9.17) is 0 Å². The Morgan fingerprint density at radius 3 is 2.41 bits per heavy atom. The Morgan fingerprint density at radius 2 is 1.68 bits per heavy atom. The normalized spacial score (nSPS) is 10.5. The number of aryl methyl sites for hydroxylation is 1. The lowest BCUT2D eigenvalue weighted by Crippen LogP contribution is -2.03. The summed E-state index contributed by atoms with van der Waals surface area (Å²) < 4.78 is 1.05. The van der Waals surface area contributed by atoms with Crippen LogP contribution in [0.1, 0.15) is 11.3 Å². The predicted octanol–water partition coefficient (Wildman–Crippen LogP) is 4.83. The lowest BCUT2D eigenvalue weighted by atomic mass is 10.2. The molecule has 0 fully saturated rings. The molecule has 3 rings (SSSR count). The Hall–Kier alpha value is -2.20. The molecule has 0 aliphatic heterocycles. The van der Waals surface area contributed by atoms with Crippen molar-refractivity contribution in [3.8, 4) is 11.4 Å². The zero-order chi connectivity index (χ0) is 15.4. The number of anilines is 1. The number of halogens is 1. The highest BCUT2D eigenvalue weighted by molar-refractivity contribution is 9.10. The molecule has 0 unspecified atom stereocenters. The van der Waals surface area contributed by atoms with Gasteiger partial charge in [-0.3, -0.25) is 0 Å². The summed E-state index contributed by atoms with van der Waals surface area (Å²) >= 11 is 3.44. The summed E-state index contributed by atoms with van der Waals surface area (Å²) in [5.41, 5.74) is 3.18. The van der Waals surface area contributed by atoms with Crippen LogP contribution in [0, 0.1) is 6.92 Å². The van der Waals surface area contributed by atoms with Gasteiger partial charge in [0.15, 0.2) is 5.82 Å². The van der Waals surface area contributed by atoms with E-state index in [1.807, 2.05) is 55.5 Å². The van der Waals surface area contributed by atoms with Crippen molar-refractivity contribution in [1.29, 1.82) is 0 Å². The van der Waals surface area contributed by atoms with Crippen LogP contribution in [0.15, 0.2) is 65.1 Å². The molecule has 0 bridgehead atoms. The summed E-state index contributed by atoms with van der Waals surface area (Å²) in [4.78, 5) is 9.13. The maximum atomic E-state index is 4.61. The third-order valence-electron chi connectivity index (χ3n) is 3.27. The number of nitrogens with zero attached hydrogens (tertiary/aromatic N) is 2. The van der Waals surface area contributed by atoms with Gasteiger partial charge in [0.05, 0.1) is 0 Å². The number of hydrogen-bond acceptors (Lipinski definition) is 3. The average Bonchev–Trinajstić information content (AvgIpc) is 2.54. The molecule has 1 heterocycles. The largest absolute Gasteiger partial charge is 0.366 e. The zero-order valence-corrected chi connectivity index (χ0v) is 13.8. The summed E-state index contributed by atoms with van der Waals surface area (Å²) in [6.45, 7) is 2.73. The van der Waals surface area contributed by atoms with E-state index in [9.17, 15) is 0 Å². The van der Waals surface area contributed by atoms with Gasteiger partial charge in [0, 0.05) is 28.3 Å². The molecule has 4 heteroatoms. The SMILES string of the molecule is Cc1cc(NCc2ccccc2)nc(-c2ccc(Br)cc2)n1. The third-order valence-corrected chi connectivity index (χ3v) is 3.80. The van der Waals surface area contributed by atoms with Gasteiger partial charge >= 0.3 is 0 Å². The fourth-order valence-electron chi connectivity index (χ4n) is 2.18. The molecule has 0 saturated carbocycles. The predicted molar refractivity (Wildman–Crippen MR) is 93.7 cm³/mol. The fourth-order valence-corrected chi connectivity index (χ4v) is 2.44. The Kier molecular flexibility index (Phi) is 4.49. The number of hydrogen-bond donors (Lipinski definition) is 1. The van der Waals surface area contributed by atoms with Gasteiger partial charge in [-0.25, -0.2) is 9.97 Å². The van der Waals surface area contributed by atoms with Crippen molar-refractivity contribution in [2.75, 3.05) is 5.32 Å². The highest BCUT2D eigenvalue weighted by Gasteiger charge is 2.05. The van der Waals surface area contributed by atoms with Crippen molar-refractivity contribution in [2.24, 2.45) is 0 Å². The maximum Gasteiger partial charge on any atom is 0.161 e. The molecule has 3 nitrogen and oxygen atoms in total. The molecule has 0 saturated heterocycles. The first kappa shape index (κ1) is 14.7. The van der Waals surface area contributed by atoms with Gasteiger partial charge in [0.2, 0.25) is 0 Å². The minimum Gasteiger partial charge on any atom is -0.366 e. The summed E-state index contributed by atoms with van der Waals surface area (Å²) in [5, 5.41) is 3.36. The molecule has 0 atom stereocenters. The zero-order valence-electron chi connectivity index (χ0n) is 12.3. The van der Waals surface area contributed by atoms with Crippen LogP contribution in [-0.4, -0.2) is 9.97 Å². The van der Waals surface area contributed by atoms with Gasteiger partial charge in [-0.05, 0) is 24.6 Å². The van der Waals surface area contributed by atoms with Crippen LogP contribution in [0.5, 0.6) is 0 Å². The summed E-state index contributed by atoms with van der Waals surface area (Å²) in [6, 6.07) is 20.3. The fraction of sp³-hybridized carbons (Fsp3) is 0.111. The first-order chi connectivity index (χ1) is 10.7. The molecular weight excluding hydrogens is 338 g/mol. The highest BCUT2D eigenvalue weighted by Crippen LogP contribution is 2.20. The standard InChI is InChI=1S/C18H16BrN3/c1-13-11-17(20-12-14-5-3-2-4-6-14)22-18(21-13)15-7-9-16(19)10-8-15/h2-11H,12H2,1H3,(H,20,21,22). The third kappa shape index (κ3) is 3.71. The molecule has 0 amide bonds. The molecule has 0 aliphatic carbocycles. The summed E-state index contributed by atoms with van der Waals surface area (Å²) in [5.74, 6) is 1.58. The van der Waals surface area contributed by atoms with Crippen LogP contribution >= 0.6 is 15.9 Å². The van der Waals surface area contributed by atoms with Crippen LogP contribution in [0.25, 0.3) is 11.4 Å². The average molecular weight is 354 g/mol. The minimum atomic E-state index is 0.739. The molecule has 3 aromatic rings. The molecule has 0 aliphatic rings. The van der Waals surface area contributed by atoms with Crippen molar-refractivity contribution < 1.29 is 0 Å². The van der Waals surface area contributed by atoms with Crippen molar-refractivity contribution >= 4 is 21.7 Å². The highest BCUT2D eigenvalue weighted by atomic mass is 79.9. The number of rotatable bonds is 4. The van der Waals surface area contributed by atoms with Crippen LogP contribution in [0.2, 0.25) is 0 Å². The van der Waals surface area contributed by atoms with E-state index in [0.717, 1.165) is 33.9 Å². The number of aromatic nitrogens is 2. The molecule has 1 N–H and O–H groups in total. The van der Waals surface area contributed by atoms with E-state index >= 15 is 0 Å². The van der Waals surface area contributed by atoms with E-state index in [2.05, 4.69) is 43.3 Å². The molecule has 0 radical (unpaired) electrons. The molecule has 2 aromatic carbocycles. The maximum absolute atomic E-state index is 4.61. The smallest absolute Gasteiger partial charge is 0.161 e. The monoisotopic (exact) mass is 353 g/mol. The Balaban J connectivity index is 1.82. The Morgan fingerprint density at radius 1 is 0.955 bits per heavy atom. The topological polar surface area (TPSA) is 37.8 Å². The van der Waals surface area contributed by atoms with E-state index in [0.29, 0.717) is 0 Å². The van der Waals surface area contributed by atoms with Gasteiger partial charge in [-0.2, -0.15) is 0 Å². The first-order valence-electron chi connectivity index (χ1n) is 7.10. The van der Waals surface area contributed by atoms with Gasteiger partial charge in [0.25, 0.3) is 0 Å². The second-order valence-corrected chi connectivity index (χ2v) is 5.98. The van der Waals surface area contributed by atoms with Gasteiger partial charge in [-0.15, -0.1) is 0 Å². The summed E-state index contributed by atoms with van der Waals surface area (Å²) in [7, 11) is 0. The molecule has 0 spiro atoms. The van der Waals surface area contributed by atoms with Gasteiger partial charge < -0.3 is 5.32 Å². The Labute approximate surface area is 138 Å². The molecule has 22 heavy (non-hydrogen) atoms. The second-order valence-electron chi connectivity index (χ2n) is 5.06. The van der Waals surface area contributed by atoms with E-state index in [1.165, 1.54) is 5.56 Å². The number of nitrogens with one attached hydrogen (secondary N) is 1. The lowest BCUT2D eigenvalue weighted by molar-refractivity contribution is 1.06. The Bertz CT molecular complexity index is 755. The first-order valence-corrected chi connectivity index (χ1v) is 7.89. The quantitative estimate of drug-likeness (QED) is 0.730. The summed E-state index contributed by atoms with van der Waals surface area (Å²) in [6.07, 6.45) is 0. The van der Waals surface area contributed by atoms with Crippen molar-refractivity contribution in [3.05, 3.63) is 76.4 Å². The van der Waals surface area contributed by atoms with E-state index < -0.39 is 0 Å². The lowest BCUT2D eigenvalue weighted by Gasteiger charge is -2.09. The second kappa shape index (κ2) is 6.71. The number of benzene rings is 2. The minimum absolute atomic E-state index is 0.739. The van der Waals surface area contributed by atoms with Crippen molar-refractivity contribution in [3.63, 3.8) is 0 Å². The van der Waals surface area contributed by atoms with Crippen molar-refractivity contribution in [1.82, 2.24) is 9.97 Å². The van der Waals surface area contributed by atoms with Crippen LogP contribution in [0.4, 0.5) is 5.82 Å². The molecule has 110 valence electrons. The molecular formula is C18H16BrN3. The van der Waals surface area contributed by atoms with Gasteiger partial charge in [0.1, 0.15) is 5.82 Å². The van der Waals surface area contributed by atoms with E-state index in [1.54, 1.807) is 0 Å². The van der Waals surface area contributed by atoms with Crippen LogP contribution in [0.3, 0.4) is 0 Å².